The Morgan fingerprint density at radius 3 is 2.30 bits per heavy atom. The third-order valence-electron chi connectivity index (χ3n) is 5.57. The predicted octanol–water partition coefficient (Wildman–Crippen LogP) is 2.92. The quantitative estimate of drug-likeness (QED) is 0.676. The first-order chi connectivity index (χ1) is 14.6. The van der Waals surface area contributed by atoms with Crippen molar-refractivity contribution >= 4 is 0 Å². The lowest BCUT2D eigenvalue weighted by Crippen LogP contribution is -2.52. The van der Waals surface area contributed by atoms with Crippen molar-refractivity contribution in [2.24, 2.45) is 0 Å². The summed E-state index contributed by atoms with van der Waals surface area (Å²) < 4.78 is 29.6. The molecule has 0 amide bonds. The van der Waals surface area contributed by atoms with E-state index in [1.165, 1.54) is 13.2 Å². The number of benzene rings is 2. The van der Waals surface area contributed by atoms with Crippen molar-refractivity contribution in [1.29, 1.82) is 0 Å². The molecule has 7 heteroatoms. The van der Waals surface area contributed by atoms with E-state index >= 15 is 0 Å². The summed E-state index contributed by atoms with van der Waals surface area (Å²) in [5.74, 6) is 1.46. The van der Waals surface area contributed by atoms with Gasteiger partial charge in [0.15, 0.2) is 11.6 Å². The number of nitrogens with zero attached hydrogens (tertiary/aromatic N) is 2. The maximum Gasteiger partial charge on any atom is 0.165 e. The van der Waals surface area contributed by atoms with Crippen LogP contribution in [-0.4, -0.2) is 68.5 Å². The SMILES string of the molecule is COc1cc(CN2CCN(Cc3ccc(F)c(OC)c3)C[C@H]2CCO)cc(OC)c1. The summed E-state index contributed by atoms with van der Waals surface area (Å²) in [4.78, 5) is 4.74. The molecule has 0 spiro atoms. The fourth-order valence-electron chi connectivity index (χ4n) is 3.98. The van der Waals surface area contributed by atoms with Gasteiger partial charge in [0.2, 0.25) is 0 Å². The standard InChI is InChI=1S/C23H31FN2O4/c1-28-20-10-18(11-21(13-20)29-2)15-26-8-7-25(16-19(26)6-9-27)14-17-4-5-22(24)23(12-17)30-3/h4-5,10-13,19,27H,6-9,14-16H2,1-3H3/t19-/m1/s1. The molecule has 30 heavy (non-hydrogen) atoms. The van der Waals surface area contributed by atoms with E-state index in [1.807, 2.05) is 18.2 Å². The van der Waals surface area contributed by atoms with Gasteiger partial charge in [-0.25, -0.2) is 4.39 Å². The molecule has 1 atom stereocenters. The Balaban J connectivity index is 1.68. The Kier molecular flexibility index (Phi) is 7.90. The van der Waals surface area contributed by atoms with E-state index in [0.29, 0.717) is 6.42 Å². The van der Waals surface area contributed by atoms with Crippen LogP contribution in [0.15, 0.2) is 36.4 Å². The molecule has 2 aromatic rings. The minimum atomic E-state index is -0.349. The second-order valence-electron chi connectivity index (χ2n) is 7.56. The van der Waals surface area contributed by atoms with Crippen LogP contribution in [-0.2, 0) is 13.1 Å². The Labute approximate surface area is 177 Å². The molecule has 1 aliphatic heterocycles. The molecule has 0 saturated carbocycles. The van der Waals surface area contributed by atoms with Gasteiger partial charge in [-0.15, -0.1) is 0 Å². The van der Waals surface area contributed by atoms with E-state index in [9.17, 15) is 9.50 Å². The van der Waals surface area contributed by atoms with Crippen LogP contribution >= 0.6 is 0 Å². The number of hydrogen-bond donors (Lipinski definition) is 1. The van der Waals surface area contributed by atoms with Crippen molar-refractivity contribution in [3.05, 3.63) is 53.3 Å². The van der Waals surface area contributed by atoms with E-state index < -0.39 is 0 Å². The first-order valence-corrected chi connectivity index (χ1v) is 10.2. The lowest BCUT2D eigenvalue weighted by molar-refractivity contribution is 0.0498. The third kappa shape index (κ3) is 5.62. The van der Waals surface area contributed by atoms with Gasteiger partial charge in [-0.1, -0.05) is 6.07 Å². The van der Waals surface area contributed by atoms with Crippen LogP contribution in [0.1, 0.15) is 17.5 Å². The first kappa shape index (κ1) is 22.3. The molecule has 1 aliphatic rings. The highest BCUT2D eigenvalue weighted by atomic mass is 19.1. The van der Waals surface area contributed by atoms with Gasteiger partial charge >= 0.3 is 0 Å². The zero-order valence-electron chi connectivity index (χ0n) is 17.9. The average molecular weight is 419 g/mol. The Morgan fingerprint density at radius 2 is 1.67 bits per heavy atom. The first-order valence-electron chi connectivity index (χ1n) is 10.2. The monoisotopic (exact) mass is 418 g/mol. The predicted molar refractivity (Wildman–Crippen MR) is 114 cm³/mol. The van der Waals surface area contributed by atoms with Gasteiger partial charge in [0.05, 0.1) is 21.3 Å². The molecule has 164 valence electrons. The molecule has 0 aromatic heterocycles. The van der Waals surface area contributed by atoms with E-state index in [2.05, 4.69) is 9.80 Å². The average Bonchev–Trinajstić information content (AvgIpc) is 2.76. The normalized spacial score (nSPS) is 17.7. The summed E-state index contributed by atoms with van der Waals surface area (Å²) in [5, 5.41) is 9.60. The van der Waals surface area contributed by atoms with Crippen molar-refractivity contribution in [2.45, 2.75) is 25.6 Å². The van der Waals surface area contributed by atoms with Crippen LogP contribution in [0, 0.1) is 5.82 Å². The molecule has 0 unspecified atom stereocenters. The lowest BCUT2D eigenvalue weighted by Gasteiger charge is -2.41. The van der Waals surface area contributed by atoms with Gasteiger partial charge in [-0.05, 0) is 41.8 Å². The van der Waals surface area contributed by atoms with Crippen molar-refractivity contribution < 1.29 is 23.7 Å². The Hall–Kier alpha value is -2.35. The van der Waals surface area contributed by atoms with E-state index in [-0.39, 0.29) is 24.2 Å². The second kappa shape index (κ2) is 10.6. The smallest absolute Gasteiger partial charge is 0.165 e. The van der Waals surface area contributed by atoms with Crippen LogP contribution in [0.2, 0.25) is 0 Å². The molecule has 1 saturated heterocycles. The number of ether oxygens (including phenoxy) is 3. The van der Waals surface area contributed by atoms with Crippen molar-refractivity contribution in [3.8, 4) is 17.2 Å². The van der Waals surface area contributed by atoms with Gasteiger partial charge in [0.1, 0.15) is 11.5 Å². The molecule has 3 rings (SSSR count). The van der Waals surface area contributed by atoms with E-state index in [4.69, 9.17) is 14.2 Å². The molecule has 2 aromatic carbocycles. The van der Waals surface area contributed by atoms with Gasteiger partial charge in [-0.2, -0.15) is 0 Å². The molecule has 1 heterocycles. The summed E-state index contributed by atoms with van der Waals surface area (Å²) in [7, 11) is 4.78. The minimum absolute atomic E-state index is 0.140. The number of aliphatic hydroxyl groups is 1. The number of halogens is 1. The van der Waals surface area contributed by atoms with E-state index in [1.54, 1.807) is 26.4 Å². The molecular weight excluding hydrogens is 387 g/mol. The molecule has 1 N–H and O–H groups in total. The van der Waals surface area contributed by atoms with Crippen LogP contribution in [0.5, 0.6) is 17.2 Å². The number of methoxy groups -OCH3 is 3. The zero-order valence-corrected chi connectivity index (χ0v) is 17.9. The van der Waals surface area contributed by atoms with Gasteiger partial charge in [-0.3, -0.25) is 9.80 Å². The summed E-state index contributed by atoms with van der Waals surface area (Å²) in [6, 6.07) is 11.1. The van der Waals surface area contributed by atoms with Crippen molar-refractivity contribution in [1.82, 2.24) is 9.80 Å². The summed E-state index contributed by atoms with van der Waals surface area (Å²) in [6.07, 6.45) is 0.699. The van der Waals surface area contributed by atoms with Crippen LogP contribution < -0.4 is 14.2 Å². The minimum Gasteiger partial charge on any atom is -0.497 e. The molecule has 0 radical (unpaired) electrons. The van der Waals surface area contributed by atoms with Crippen LogP contribution in [0.3, 0.4) is 0 Å². The fourth-order valence-corrected chi connectivity index (χ4v) is 3.98. The van der Waals surface area contributed by atoms with Crippen LogP contribution in [0.25, 0.3) is 0 Å². The van der Waals surface area contributed by atoms with Gasteiger partial charge < -0.3 is 19.3 Å². The number of hydrogen-bond acceptors (Lipinski definition) is 6. The van der Waals surface area contributed by atoms with Gasteiger partial charge in [0.25, 0.3) is 0 Å². The molecule has 0 bridgehead atoms. The summed E-state index contributed by atoms with van der Waals surface area (Å²) in [6.45, 7) is 4.23. The number of rotatable bonds is 9. The van der Waals surface area contributed by atoms with Crippen LogP contribution in [0.4, 0.5) is 4.39 Å². The Bertz CT molecular complexity index is 811. The number of aliphatic hydroxyl groups excluding tert-OH is 1. The molecular formula is C23H31FN2O4. The molecule has 6 nitrogen and oxygen atoms in total. The zero-order chi connectivity index (χ0) is 21.5. The van der Waals surface area contributed by atoms with E-state index in [0.717, 1.165) is 55.3 Å². The summed E-state index contributed by atoms with van der Waals surface area (Å²) >= 11 is 0. The largest absolute Gasteiger partial charge is 0.497 e. The highest BCUT2D eigenvalue weighted by Gasteiger charge is 2.27. The maximum atomic E-state index is 13.7. The second-order valence-corrected chi connectivity index (χ2v) is 7.56. The maximum absolute atomic E-state index is 13.7. The third-order valence-corrected chi connectivity index (χ3v) is 5.57. The highest BCUT2D eigenvalue weighted by Crippen LogP contribution is 2.26. The fraction of sp³-hybridized carbons (Fsp3) is 0.478. The topological polar surface area (TPSA) is 54.4 Å². The van der Waals surface area contributed by atoms with Crippen molar-refractivity contribution in [2.75, 3.05) is 47.6 Å². The molecule has 1 fully saturated rings. The van der Waals surface area contributed by atoms with Crippen molar-refractivity contribution in [3.63, 3.8) is 0 Å². The lowest BCUT2D eigenvalue weighted by atomic mass is 10.1. The Morgan fingerprint density at radius 1 is 0.933 bits per heavy atom. The van der Waals surface area contributed by atoms with Gasteiger partial charge in [0, 0.05) is 51.4 Å². The number of piperazine rings is 1. The summed E-state index contributed by atoms with van der Waals surface area (Å²) in [5.41, 5.74) is 2.13. The molecule has 0 aliphatic carbocycles. The highest BCUT2D eigenvalue weighted by molar-refractivity contribution is 5.38.